The van der Waals surface area contributed by atoms with Crippen molar-refractivity contribution in [3.8, 4) is 23.0 Å². The van der Waals surface area contributed by atoms with Crippen LogP contribution < -0.4 is 24.5 Å². The van der Waals surface area contributed by atoms with Crippen molar-refractivity contribution in [2.45, 2.75) is 45.1 Å². The van der Waals surface area contributed by atoms with Crippen molar-refractivity contribution in [1.29, 1.82) is 0 Å². The van der Waals surface area contributed by atoms with Crippen LogP contribution in [0.25, 0.3) is 10.9 Å². The molecule has 2 aliphatic heterocycles. The van der Waals surface area contributed by atoms with Crippen LogP contribution in [0.2, 0.25) is 0 Å². The number of tetrazole rings is 1. The average Bonchev–Trinajstić information content (AvgIpc) is 3.72. The number of rotatable bonds is 10. The highest BCUT2D eigenvalue weighted by Crippen LogP contribution is 2.33. The second-order valence-corrected chi connectivity index (χ2v) is 9.66. The largest absolute Gasteiger partial charge is 0.493 e. The summed E-state index contributed by atoms with van der Waals surface area (Å²) in [5.41, 5.74) is 2.11. The summed E-state index contributed by atoms with van der Waals surface area (Å²) in [6, 6.07) is 11.4. The van der Waals surface area contributed by atoms with Crippen LogP contribution in [0.4, 0.5) is 0 Å². The first kappa shape index (κ1) is 25.1. The third kappa shape index (κ3) is 5.38. The van der Waals surface area contributed by atoms with E-state index >= 15 is 0 Å². The molecule has 1 unspecified atom stereocenters. The molecule has 4 aromatic rings. The molecule has 39 heavy (non-hydrogen) atoms. The van der Waals surface area contributed by atoms with Crippen LogP contribution >= 0.6 is 0 Å². The molecular weight excluding hydrogens is 504 g/mol. The van der Waals surface area contributed by atoms with Crippen molar-refractivity contribution in [1.82, 2.24) is 30.1 Å². The topological polar surface area (TPSA) is 126 Å². The molecule has 2 aliphatic rings. The lowest BCUT2D eigenvalue weighted by molar-refractivity contribution is 0.0914. The number of nitrogens with zero attached hydrogens (tertiary/aromatic N) is 5. The maximum atomic E-state index is 13.2. The molecule has 12 nitrogen and oxygen atoms in total. The number of aromatic amines is 1. The van der Waals surface area contributed by atoms with Crippen LogP contribution in [0.3, 0.4) is 0 Å². The number of pyridine rings is 1. The number of hydrogen-bond acceptors (Lipinski definition) is 10. The minimum absolute atomic E-state index is 0.102. The molecule has 0 saturated carbocycles. The Morgan fingerprint density at radius 2 is 1.90 bits per heavy atom. The number of benzene rings is 2. The number of nitrogens with one attached hydrogen (secondary N) is 1. The van der Waals surface area contributed by atoms with Gasteiger partial charge in [-0.05, 0) is 53.1 Å². The lowest BCUT2D eigenvalue weighted by atomic mass is 10.1. The third-order valence-electron chi connectivity index (χ3n) is 7.03. The van der Waals surface area contributed by atoms with Crippen molar-refractivity contribution >= 4 is 10.9 Å². The highest BCUT2D eigenvalue weighted by molar-refractivity contribution is 5.83. The van der Waals surface area contributed by atoms with Gasteiger partial charge in [0.05, 0.1) is 38.9 Å². The Morgan fingerprint density at radius 1 is 1.05 bits per heavy atom. The fourth-order valence-corrected chi connectivity index (χ4v) is 5.06. The summed E-state index contributed by atoms with van der Waals surface area (Å²) in [5, 5.41) is 13.3. The second kappa shape index (κ2) is 10.9. The molecule has 0 aliphatic carbocycles. The molecule has 4 heterocycles. The first-order valence-corrected chi connectivity index (χ1v) is 12.8. The van der Waals surface area contributed by atoms with E-state index in [0.717, 1.165) is 36.1 Å². The van der Waals surface area contributed by atoms with Crippen LogP contribution in [0.5, 0.6) is 23.0 Å². The van der Waals surface area contributed by atoms with Crippen molar-refractivity contribution in [2.75, 3.05) is 27.6 Å². The summed E-state index contributed by atoms with van der Waals surface area (Å²) in [4.78, 5) is 18.3. The van der Waals surface area contributed by atoms with E-state index in [0.29, 0.717) is 60.3 Å². The number of aromatic nitrogens is 5. The fourth-order valence-electron chi connectivity index (χ4n) is 5.06. The summed E-state index contributed by atoms with van der Waals surface area (Å²) in [5.74, 6) is 3.28. The predicted octanol–water partition coefficient (Wildman–Crippen LogP) is 2.64. The average molecular weight is 535 g/mol. The zero-order valence-corrected chi connectivity index (χ0v) is 21.9. The smallest absolute Gasteiger partial charge is 0.252 e. The molecule has 0 bridgehead atoms. The molecule has 12 heteroatoms. The highest BCUT2D eigenvalue weighted by Gasteiger charge is 2.22. The molecule has 2 aromatic carbocycles. The summed E-state index contributed by atoms with van der Waals surface area (Å²) in [6.45, 7) is 2.89. The molecule has 6 rings (SSSR count). The van der Waals surface area contributed by atoms with Crippen LogP contribution in [0.1, 0.15) is 29.8 Å². The van der Waals surface area contributed by atoms with Crippen LogP contribution in [0, 0.1) is 0 Å². The lowest BCUT2D eigenvalue weighted by Gasteiger charge is -2.22. The zero-order valence-electron chi connectivity index (χ0n) is 21.9. The Balaban J connectivity index is 1.31. The summed E-state index contributed by atoms with van der Waals surface area (Å²) < 4.78 is 29.5. The monoisotopic (exact) mass is 534 g/mol. The maximum absolute atomic E-state index is 13.2. The molecular formula is C27H30N6O6. The van der Waals surface area contributed by atoms with Gasteiger partial charge in [0.2, 0.25) is 6.79 Å². The summed E-state index contributed by atoms with van der Waals surface area (Å²) >= 11 is 0. The molecule has 0 amide bonds. The Morgan fingerprint density at radius 3 is 2.72 bits per heavy atom. The Kier molecular flexibility index (Phi) is 7.03. The number of ether oxygens (including phenoxy) is 5. The summed E-state index contributed by atoms with van der Waals surface area (Å²) in [6.07, 6.45) is 2.13. The molecule has 1 fully saturated rings. The first-order chi connectivity index (χ1) is 19.1. The van der Waals surface area contributed by atoms with E-state index in [4.69, 9.17) is 23.7 Å². The zero-order chi connectivity index (χ0) is 26.8. The Bertz CT molecular complexity index is 1530. The van der Waals surface area contributed by atoms with E-state index in [2.05, 4.69) is 25.4 Å². The van der Waals surface area contributed by atoms with Gasteiger partial charge >= 0.3 is 0 Å². The molecule has 1 saturated heterocycles. The van der Waals surface area contributed by atoms with Crippen molar-refractivity contribution in [3.05, 3.63) is 63.7 Å². The van der Waals surface area contributed by atoms with Crippen LogP contribution in [0.15, 0.2) is 41.2 Å². The second-order valence-electron chi connectivity index (χ2n) is 9.66. The van der Waals surface area contributed by atoms with Gasteiger partial charge in [-0.25, -0.2) is 4.68 Å². The minimum atomic E-state index is -0.177. The van der Waals surface area contributed by atoms with E-state index < -0.39 is 0 Å². The van der Waals surface area contributed by atoms with Crippen molar-refractivity contribution < 1.29 is 23.7 Å². The minimum Gasteiger partial charge on any atom is -0.493 e. The summed E-state index contributed by atoms with van der Waals surface area (Å²) in [7, 11) is 3.15. The third-order valence-corrected chi connectivity index (χ3v) is 7.03. The van der Waals surface area contributed by atoms with Crippen molar-refractivity contribution in [2.24, 2.45) is 0 Å². The van der Waals surface area contributed by atoms with Crippen LogP contribution in [-0.2, 0) is 30.9 Å². The van der Waals surface area contributed by atoms with Gasteiger partial charge in [0.15, 0.2) is 28.8 Å². The number of hydrogen-bond donors (Lipinski definition) is 1. The van der Waals surface area contributed by atoms with Gasteiger partial charge in [-0.15, -0.1) is 5.10 Å². The van der Waals surface area contributed by atoms with E-state index in [1.165, 1.54) is 0 Å². The molecule has 1 N–H and O–H groups in total. The quantitative estimate of drug-likeness (QED) is 0.324. The van der Waals surface area contributed by atoms with E-state index in [1.807, 2.05) is 30.3 Å². The van der Waals surface area contributed by atoms with Gasteiger partial charge in [-0.1, -0.05) is 6.07 Å². The predicted molar refractivity (Wildman–Crippen MR) is 140 cm³/mol. The molecule has 2 aromatic heterocycles. The first-order valence-electron chi connectivity index (χ1n) is 12.8. The Labute approximate surface area is 224 Å². The highest BCUT2D eigenvalue weighted by atomic mass is 16.7. The van der Waals surface area contributed by atoms with E-state index in [9.17, 15) is 4.79 Å². The fraction of sp³-hybridized carbons (Fsp3) is 0.407. The van der Waals surface area contributed by atoms with Gasteiger partial charge < -0.3 is 28.7 Å². The van der Waals surface area contributed by atoms with E-state index in [1.54, 1.807) is 25.0 Å². The molecule has 0 radical (unpaired) electrons. The van der Waals surface area contributed by atoms with E-state index in [-0.39, 0.29) is 18.5 Å². The molecule has 204 valence electrons. The molecule has 1 atom stereocenters. The number of H-pyrrole nitrogens is 1. The normalized spacial score (nSPS) is 16.3. The van der Waals surface area contributed by atoms with Gasteiger partial charge in [-0.3, -0.25) is 9.69 Å². The lowest BCUT2D eigenvalue weighted by Crippen LogP contribution is -2.29. The SMILES string of the molecule is COc1cc2cc(CN(Cc3ccc4c(c3)OCO4)Cc3nnnn3CC3CCCO3)c(=O)[nH]c2cc1OC. The van der Waals surface area contributed by atoms with Gasteiger partial charge in [-0.2, -0.15) is 0 Å². The van der Waals surface area contributed by atoms with Crippen molar-refractivity contribution in [3.63, 3.8) is 0 Å². The number of methoxy groups -OCH3 is 2. The van der Waals surface area contributed by atoms with Gasteiger partial charge in [0, 0.05) is 36.7 Å². The van der Waals surface area contributed by atoms with Crippen LogP contribution in [-0.4, -0.2) is 63.8 Å². The standard InChI is InChI=1S/C27H30N6O6/c1-35-23-10-18-9-19(27(34)28-21(18)11-24(23)36-2)13-32(12-17-5-6-22-25(8-17)39-16-38-22)15-26-29-30-31-33(26)14-20-4-3-7-37-20/h5-6,8-11,20H,3-4,7,12-16H2,1-2H3,(H,28,34). The van der Waals surface area contributed by atoms with Gasteiger partial charge in [0.1, 0.15) is 0 Å². The van der Waals surface area contributed by atoms with Gasteiger partial charge in [0.25, 0.3) is 5.56 Å². The Hall–Kier alpha value is -4.16. The molecule has 0 spiro atoms. The number of fused-ring (bicyclic) bond motifs is 2. The maximum Gasteiger partial charge on any atom is 0.252 e.